The Kier molecular flexibility index (Phi) is 5.46. The molecule has 2 aromatic heterocycles. The molecule has 4 rings (SSSR count). The number of benzene rings is 2. The standard InChI is InChI=1S/C20H17N3O3S3/c1-13-7-8-17-18(10-13)28-20(22-17)23-19(24)14-4-2-6-16(11-14)29(25,26)21-12-15-5-3-9-27-15/h2-11,21H,12H2,1H3,(H,22,23,24). The van der Waals surface area contributed by atoms with Crippen molar-refractivity contribution in [2.45, 2.75) is 18.4 Å². The highest BCUT2D eigenvalue weighted by molar-refractivity contribution is 7.89. The van der Waals surface area contributed by atoms with Gasteiger partial charge in [0.1, 0.15) is 0 Å². The van der Waals surface area contributed by atoms with Crippen LogP contribution in [0.3, 0.4) is 0 Å². The summed E-state index contributed by atoms with van der Waals surface area (Å²) in [6, 6.07) is 15.6. The summed E-state index contributed by atoms with van der Waals surface area (Å²) in [6.07, 6.45) is 0. The van der Waals surface area contributed by atoms with Crippen LogP contribution in [0.25, 0.3) is 10.2 Å². The van der Waals surface area contributed by atoms with E-state index in [2.05, 4.69) is 15.0 Å². The number of rotatable bonds is 6. The van der Waals surface area contributed by atoms with Crippen molar-refractivity contribution in [2.75, 3.05) is 5.32 Å². The van der Waals surface area contributed by atoms with Gasteiger partial charge in [-0.05, 0) is 54.3 Å². The summed E-state index contributed by atoms with van der Waals surface area (Å²) in [5.41, 5.74) is 2.18. The second-order valence-electron chi connectivity index (χ2n) is 6.38. The van der Waals surface area contributed by atoms with Crippen LogP contribution in [0.4, 0.5) is 5.13 Å². The Morgan fingerprint density at radius 1 is 1.10 bits per heavy atom. The number of thiophene rings is 1. The third-order valence-corrected chi connectivity index (χ3v) is 7.40. The molecule has 0 unspecified atom stereocenters. The number of nitrogens with one attached hydrogen (secondary N) is 2. The van der Waals surface area contributed by atoms with Crippen LogP contribution in [0.2, 0.25) is 0 Å². The van der Waals surface area contributed by atoms with E-state index in [1.54, 1.807) is 12.1 Å². The van der Waals surface area contributed by atoms with Crippen molar-refractivity contribution < 1.29 is 13.2 Å². The van der Waals surface area contributed by atoms with Crippen LogP contribution in [0, 0.1) is 6.92 Å². The minimum Gasteiger partial charge on any atom is -0.298 e. The highest BCUT2D eigenvalue weighted by atomic mass is 32.2. The highest BCUT2D eigenvalue weighted by Crippen LogP contribution is 2.27. The van der Waals surface area contributed by atoms with Gasteiger partial charge in [-0.15, -0.1) is 11.3 Å². The van der Waals surface area contributed by atoms with Crippen LogP contribution < -0.4 is 10.0 Å². The SMILES string of the molecule is Cc1ccc2nc(NC(=O)c3cccc(S(=O)(=O)NCc4cccs4)c3)sc2c1. The molecule has 0 aliphatic carbocycles. The van der Waals surface area contributed by atoms with Gasteiger partial charge in [0.2, 0.25) is 10.0 Å². The molecule has 2 N–H and O–H groups in total. The number of amides is 1. The average molecular weight is 444 g/mol. The number of hydrogen-bond acceptors (Lipinski definition) is 6. The van der Waals surface area contributed by atoms with Gasteiger partial charge >= 0.3 is 0 Å². The lowest BCUT2D eigenvalue weighted by Gasteiger charge is -2.07. The Balaban J connectivity index is 1.51. The predicted molar refractivity (Wildman–Crippen MR) is 117 cm³/mol. The smallest absolute Gasteiger partial charge is 0.257 e. The van der Waals surface area contributed by atoms with Crippen molar-refractivity contribution in [3.63, 3.8) is 0 Å². The number of carbonyl (C=O) groups is 1. The van der Waals surface area contributed by atoms with Crippen LogP contribution in [0.1, 0.15) is 20.8 Å². The monoisotopic (exact) mass is 443 g/mol. The summed E-state index contributed by atoms with van der Waals surface area (Å²) >= 11 is 2.85. The molecule has 2 heterocycles. The van der Waals surface area contributed by atoms with Crippen LogP contribution in [0.5, 0.6) is 0 Å². The van der Waals surface area contributed by atoms with E-state index in [-0.39, 0.29) is 17.0 Å². The van der Waals surface area contributed by atoms with Crippen molar-refractivity contribution in [1.29, 1.82) is 0 Å². The fourth-order valence-electron chi connectivity index (χ4n) is 2.72. The summed E-state index contributed by atoms with van der Waals surface area (Å²) in [5.74, 6) is -0.406. The molecule has 0 aliphatic rings. The van der Waals surface area contributed by atoms with Crippen LogP contribution in [-0.2, 0) is 16.6 Å². The normalized spacial score (nSPS) is 11.6. The quantitative estimate of drug-likeness (QED) is 0.462. The molecule has 2 aromatic carbocycles. The molecule has 0 aliphatic heterocycles. The largest absolute Gasteiger partial charge is 0.298 e. The number of carbonyl (C=O) groups excluding carboxylic acids is 1. The van der Waals surface area contributed by atoms with Gasteiger partial charge < -0.3 is 0 Å². The maximum absolute atomic E-state index is 12.6. The summed E-state index contributed by atoms with van der Waals surface area (Å²) in [7, 11) is -3.73. The number of aryl methyl sites for hydroxylation is 1. The van der Waals surface area contributed by atoms with E-state index in [0.29, 0.717) is 5.13 Å². The van der Waals surface area contributed by atoms with Crippen LogP contribution >= 0.6 is 22.7 Å². The van der Waals surface area contributed by atoms with Gasteiger partial charge in [-0.2, -0.15) is 0 Å². The molecule has 0 saturated carbocycles. The maximum atomic E-state index is 12.6. The van der Waals surface area contributed by atoms with Crippen molar-refractivity contribution in [1.82, 2.24) is 9.71 Å². The minimum atomic E-state index is -3.73. The highest BCUT2D eigenvalue weighted by Gasteiger charge is 2.17. The third kappa shape index (κ3) is 4.54. The van der Waals surface area contributed by atoms with Gasteiger partial charge in [0.25, 0.3) is 5.91 Å². The lowest BCUT2D eigenvalue weighted by atomic mass is 10.2. The predicted octanol–water partition coefficient (Wildman–Crippen LogP) is 4.40. The molecule has 4 aromatic rings. The summed E-state index contributed by atoms with van der Waals surface area (Å²) in [6.45, 7) is 2.21. The average Bonchev–Trinajstić information content (AvgIpc) is 3.35. The van der Waals surface area contributed by atoms with E-state index in [1.165, 1.54) is 34.8 Å². The molecule has 0 bridgehead atoms. The summed E-state index contributed by atoms with van der Waals surface area (Å²) in [4.78, 5) is 18.0. The van der Waals surface area contributed by atoms with Gasteiger partial charge in [0.05, 0.1) is 15.1 Å². The van der Waals surface area contributed by atoms with Gasteiger partial charge in [0.15, 0.2) is 5.13 Å². The maximum Gasteiger partial charge on any atom is 0.257 e. The Morgan fingerprint density at radius 2 is 1.97 bits per heavy atom. The second kappa shape index (κ2) is 8.03. The lowest BCUT2D eigenvalue weighted by Crippen LogP contribution is -2.23. The number of sulfonamides is 1. The molecule has 0 spiro atoms. The topological polar surface area (TPSA) is 88.2 Å². The molecule has 0 radical (unpaired) electrons. The zero-order valence-electron chi connectivity index (χ0n) is 15.4. The van der Waals surface area contributed by atoms with E-state index in [4.69, 9.17) is 0 Å². The zero-order chi connectivity index (χ0) is 20.4. The summed E-state index contributed by atoms with van der Waals surface area (Å²) < 4.78 is 28.7. The fraction of sp³-hybridized carbons (Fsp3) is 0.100. The van der Waals surface area contributed by atoms with E-state index < -0.39 is 15.9 Å². The summed E-state index contributed by atoms with van der Waals surface area (Å²) in [5, 5.41) is 5.11. The number of thiazole rings is 1. The zero-order valence-corrected chi connectivity index (χ0v) is 17.8. The van der Waals surface area contributed by atoms with Crippen molar-refractivity contribution >= 4 is 54.0 Å². The first kappa shape index (κ1) is 19.7. The van der Waals surface area contributed by atoms with Crippen LogP contribution in [0.15, 0.2) is 64.9 Å². The molecule has 0 fully saturated rings. The van der Waals surface area contributed by atoms with E-state index >= 15 is 0 Å². The number of nitrogens with zero attached hydrogens (tertiary/aromatic N) is 1. The molecular formula is C20H17N3O3S3. The molecule has 0 saturated heterocycles. The van der Waals surface area contributed by atoms with Crippen molar-refractivity contribution in [3.05, 3.63) is 76.0 Å². The minimum absolute atomic E-state index is 0.0432. The Labute approximate surface area is 176 Å². The van der Waals surface area contributed by atoms with Gasteiger partial charge in [-0.25, -0.2) is 18.1 Å². The number of anilines is 1. The first-order valence-electron chi connectivity index (χ1n) is 8.71. The molecule has 9 heteroatoms. The Hall–Kier alpha value is -2.59. The van der Waals surface area contributed by atoms with E-state index in [9.17, 15) is 13.2 Å². The van der Waals surface area contributed by atoms with Crippen molar-refractivity contribution in [3.8, 4) is 0 Å². The number of aromatic nitrogens is 1. The van der Waals surface area contributed by atoms with Gasteiger partial charge in [-0.3, -0.25) is 10.1 Å². The first-order valence-corrected chi connectivity index (χ1v) is 11.9. The third-order valence-electron chi connectivity index (χ3n) is 4.19. The number of hydrogen-bond donors (Lipinski definition) is 2. The Bertz CT molecular complexity index is 1280. The van der Waals surface area contributed by atoms with Crippen molar-refractivity contribution in [2.24, 2.45) is 0 Å². The molecule has 29 heavy (non-hydrogen) atoms. The molecule has 148 valence electrons. The van der Waals surface area contributed by atoms with Crippen LogP contribution in [-0.4, -0.2) is 19.3 Å². The molecule has 0 atom stereocenters. The van der Waals surface area contributed by atoms with Gasteiger partial charge in [-0.1, -0.05) is 29.5 Å². The van der Waals surface area contributed by atoms with E-state index in [1.807, 2.05) is 42.6 Å². The first-order chi connectivity index (χ1) is 13.9. The van der Waals surface area contributed by atoms with E-state index in [0.717, 1.165) is 20.7 Å². The lowest BCUT2D eigenvalue weighted by molar-refractivity contribution is 0.102. The molecular weight excluding hydrogens is 426 g/mol. The molecule has 1 amide bonds. The molecule has 6 nitrogen and oxygen atoms in total. The second-order valence-corrected chi connectivity index (χ2v) is 10.2. The fourth-order valence-corrected chi connectivity index (χ4v) is 5.47. The Morgan fingerprint density at radius 3 is 2.76 bits per heavy atom. The number of fused-ring (bicyclic) bond motifs is 1. The van der Waals surface area contributed by atoms with Gasteiger partial charge in [0, 0.05) is 17.0 Å².